The predicted molar refractivity (Wildman–Crippen MR) is 94.0 cm³/mol. The van der Waals surface area contributed by atoms with Gasteiger partial charge in [0.15, 0.2) is 5.82 Å². The second kappa shape index (κ2) is 6.71. The fourth-order valence-corrected chi connectivity index (χ4v) is 2.86. The van der Waals surface area contributed by atoms with Crippen LogP contribution in [0.4, 0.5) is 4.39 Å². The van der Waals surface area contributed by atoms with Crippen LogP contribution in [0.25, 0.3) is 11.1 Å². The molecule has 0 radical (unpaired) electrons. The zero-order valence-corrected chi connectivity index (χ0v) is 14.3. The summed E-state index contributed by atoms with van der Waals surface area (Å²) < 4.78 is 19.4. The van der Waals surface area contributed by atoms with Crippen molar-refractivity contribution in [2.45, 2.75) is 31.7 Å². The molecule has 0 unspecified atom stereocenters. The van der Waals surface area contributed by atoms with Gasteiger partial charge in [-0.1, -0.05) is 41.6 Å². The van der Waals surface area contributed by atoms with Crippen LogP contribution in [0, 0.1) is 5.82 Å². The maximum Gasteiger partial charge on any atom is 0.252 e. The minimum absolute atomic E-state index is 0.317. The average Bonchev–Trinajstić information content (AvgIpc) is 3.38. The van der Waals surface area contributed by atoms with Crippen LogP contribution in [-0.2, 0) is 0 Å². The summed E-state index contributed by atoms with van der Waals surface area (Å²) >= 11 is 0. The van der Waals surface area contributed by atoms with Crippen molar-refractivity contribution in [1.82, 2.24) is 15.5 Å². The summed E-state index contributed by atoms with van der Waals surface area (Å²) in [5.41, 5.74) is 1.32. The van der Waals surface area contributed by atoms with Crippen LogP contribution in [0.15, 0.2) is 53.1 Å². The van der Waals surface area contributed by atoms with E-state index in [1.807, 2.05) is 0 Å². The number of hydrogen-bond donors (Lipinski definition) is 1. The molecule has 4 rings (SSSR count). The molecule has 1 N–H and O–H groups in total. The molecule has 6 heteroatoms. The molecule has 1 aliphatic carbocycles. The third-order valence-corrected chi connectivity index (χ3v) is 4.45. The normalized spacial score (nSPS) is 14.8. The maximum atomic E-state index is 14.2. The van der Waals surface area contributed by atoms with Crippen LogP contribution in [0.5, 0.6) is 0 Å². The van der Waals surface area contributed by atoms with E-state index in [9.17, 15) is 9.18 Å². The molecular formula is C20H18FN3O2. The lowest BCUT2D eigenvalue weighted by Crippen LogP contribution is -2.27. The number of nitrogens with one attached hydrogen (secondary N) is 1. The second-order valence-corrected chi connectivity index (χ2v) is 6.49. The lowest BCUT2D eigenvalue weighted by molar-refractivity contribution is 0.0933. The molecule has 0 saturated heterocycles. The van der Waals surface area contributed by atoms with Crippen molar-refractivity contribution in [3.05, 3.63) is 71.6 Å². The van der Waals surface area contributed by atoms with Crippen molar-refractivity contribution in [2.24, 2.45) is 0 Å². The summed E-state index contributed by atoms with van der Waals surface area (Å²) in [6.45, 7) is 1.79. The predicted octanol–water partition coefficient (Wildman–Crippen LogP) is 4.24. The first kappa shape index (κ1) is 16.4. The van der Waals surface area contributed by atoms with Gasteiger partial charge in [0.1, 0.15) is 11.9 Å². The van der Waals surface area contributed by atoms with Gasteiger partial charge in [-0.25, -0.2) is 4.39 Å². The molecule has 0 spiro atoms. The Hall–Kier alpha value is -3.02. The molecule has 1 saturated carbocycles. The van der Waals surface area contributed by atoms with Crippen LogP contribution >= 0.6 is 0 Å². The quantitative estimate of drug-likeness (QED) is 0.746. The van der Waals surface area contributed by atoms with E-state index >= 15 is 0 Å². The van der Waals surface area contributed by atoms with Crippen molar-refractivity contribution < 1.29 is 13.7 Å². The van der Waals surface area contributed by atoms with Crippen molar-refractivity contribution in [1.29, 1.82) is 0 Å². The van der Waals surface area contributed by atoms with E-state index in [1.54, 1.807) is 49.4 Å². The van der Waals surface area contributed by atoms with Gasteiger partial charge in [-0.3, -0.25) is 4.79 Å². The molecule has 1 aromatic heterocycles. The van der Waals surface area contributed by atoms with Gasteiger partial charge in [0.05, 0.1) is 0 Å². The number of aromatic nitrogens is 2. The largest absolute Gasteiger partial charge is 0.340 e. The van der Waals surface area contributed by atoms with E-state index in [-0.39, 0.29) is 11.7 Å². The molecule has 2 aromatic carbocycles. The van der Waals surface area contributed by atoms with Gasteiger partial charge in [-0.2, -0.15) is 4.98 Å². The van der Waals surface area contributed by atoms with Gasteiger partial charge in [0, 0.05) is 17.0 Å². The number of amides is 1. The van der Waals surface area contributed by atoms with Crippen LogP contribution in [0.2, 0.25) is 0 Å². The van der Waals surface area contributed by atoms with Crippen LogP contribution in [-0.4, -0.2) is 16.0 Å². The number of halogens is 1. The molecule has 0 aliphatic heterocycles. The maximum absolute atomic E-state index is 14.2. The third kappa shape index (κ3) is 3.22. The first-order chi connectivity index (χ1) is 12.6. The first-order valence-corrected chi connectivity index (χ1v) is 8.62. The fourth-order valence-electron chi connectivity index (χ4n) is 2.86. The second-order valence-electron chi connectivity index (χ2n) is 6.49. The van der Waals surface area contributed by atoms with E-state index in [1.165, 1.54) is 6.07 Å². The van der Waals surface area contributed by atoms with Crippen LogP contribution < -0.4 is 5.32 Å². The molecule has 1 fully saturated rings. The lowest BCUT2D eigenvalue weighted by atomic mass is 9.98. The van der Waals surface area contributed by atoms with Gasteiger partial charge in [0.2, 0.25) is 5.89 Å². The average molecular weight is 351 g/mol. The Morgan fingerprint density at radius 2 is 1.85 bits per heavy atom. The standard InChI is InChI=1S/C20H18FN3O2/c1-12(20-23-18(24-26-20)13-10-11-13)22-19(25)16-8-3-2-6-14(16)15-7-4-5-9-17(15)21/h2-9,12-13H,10-11H2,1H3,(H,22,25)/t12-/m1/s1. The Bertz CT molecular complexity index is 949. The number of nitrogens with zero attached hydrogens (tertiary/aromatic N) is 2. The van der Waals surface area contributed by atoms with E-state index in [0.29, 0.717) is 34.3 Å². The van der Waals surface area contributed by atoms with Gasteiger partial charge in [-0.05, 0) is 37.5 Å². The first-order valence-electron chi connectivity index (χ1n) is 8.62. The number of benzene rings is 2. The molecule has 1 heterocycles. The molecule has 1 aliphatic rings. The van der Waals surface area contributed by atoms with Crippen LogP contribution in [0.3, 0.4) is 0 Å². The highest BCUT2D eigenvalue weighted by atomic mass is 19.1. The monoisotopic (exact) mass is 351 g/mol. The Morgan fingerprint density at radius 3 is 2.58 bits per heavy atom. The smallest absolute Gasteiger partial charge is 0.252 e. The Labute approximate surface area is 150 Å². The highest BCUT2D eigenvalue weighted by Crippen LogP contribution is 2.38. The third-order valence-electron chi connectivity index (χ3n) is 4.45. The minimum atomic E-state index is -0.434. The summed E-state index contributed by atoms with van der Waals surface area (Å²) in [6, 6.07) is 12.9. The molecular weight excluding hydrogens is 333 g/mol. The molecule has 26 heavy (non-hydrogen) atoms. The number of rotatable bonds is 5. The van der Waals surface area contributed by atoms with E-state index in [0.717, 1.165) is 12.8 Å². The number of carbonyl (C=O) groups excluding carboxylic acids is 1. The SMILES string of the molecule is C[C@@H](NC(=O)c1ccccc1-c1ccccc1F)c1nc(C2CC2)no1. The highest BCUT2D eigenvalue weighted by Gasteiger charge is 2.30. The lowest BCUT2D eigenvalue weighted by Gasteiger charge is -2.13. The summed E-state index contributed by atoms with van der Waals surface area (Å²) in [7, 11) is 0. The summed E-state index contributed by atoms with van der Waals surface area (Å²) in [6.07, 6.45) is 2.16. The molecule has 1 amide bonds. The van der Waals surface area contributed by atoms with Crippen molar-refractivity contribution in [2.75, 3.05) is 0 Å². The van der Waals surface area contributed by atoms with Gasteiger partial charge in [-0.15, -0.1) is 0 Å². The summed E-state index contributed by atoms with van der Waals surface area (Å²) in [5, 5.41) is 6.83. The number of hydrogen-bond acceptors (Lipinski definition) is 4. The zero-order chi connectivity index (χ0) is 18.1. The fraction of sp³-hybridized carbons (Fsp3) is 0.250. The summed E-state index contributed by atoms with van der Waals surface area (Å²) in [5.74, 6) is 0.781. The number of carbonyl (C=O) groups is 1. The van der Waals surface area contributed by atoms with Gasteiger partial charge in [0.25, 0.3) is 5.91 Å². The van der Waals surface area contributed by atoms with E-state index < -0.39 is 6.04 Å². The Morgan fingerprint density at radius 1 is 1.15 bits per heavy atom. The molecule has 5 nitrogen and oxygen atoms in total. The van der Waals surface area contributed by atoms with Crippen molar-refractivity contribution in [3.8, 4) is 11.1 Å². The van der Waals surface area contributed by atoms with Crippen LogP contribution in [0.1, 0.15) is 53.8 Å². The van der Waals surface area contributed by atoms with Gasteiger partial charge < -0.3 is 9.84 Å². The highest BCUT2D eigenvalue weighted by molar-refractivity contribution is 6.01. The van der Waals surface area contributed by atoms with Gasteiger partial charge >= 0.3 is 0 Å². The van der Waals surface area contributed by atoms with E-state index in [2.05, 4.69) is 15.5 Å². The Kier molecular flexibility index (Phi) is 4.24. The van der Waals surface area contributed by atoms with Crippen molar-refractivity contribution >= 4 is 5.91 Å². The Balaban J connectivity index is 1.57. The molecule has 1 atom stereocenters. The topological polar surface area (TPSA) is 68.0 Å². The molecule has 132 valence electrons. The molecule has 0 bridgehead atoms. The van der Waals surface area contributed by atoms with Crippen molar-refractivity contribution in [3.63, 3.8) is 0 Å². The zero-order valence-electron chi connectivity index (χ0n) is 14.3. The summed E-state index contributed by atoms with van der Waals surface area (Å²) in [4.78, 5) is 17.1. The molecule has 3 aromatic rings. The van der Waals surface area contributed by atoms with E-state index in [4.69, 9.17) is 4.52 Å². The minimum Gasteiger partial charge on any atom is -0.340 e.